The molecule has 0 spiro atoms. The zero-order valence-corrected chi connectivity index (χ0v) is 19.2. The van der Waals surface area contributed by atoms with E-state index in [-0.39, 0.29) is 6.61 Å². The standard InChI is InChI=1S/C27H25N3O5/c1-20-14-26(30-35-20)29-27(31)19-34-28-16-23-12-13-24(32-17-21-8-4-2-5-9-21)25(15-23)33-18-22-10-6-3-7-11-22/h2-16H,17-19H2,1H3,(H,29,30,31)/b28-16+. The summed E-state index contributed by atoms with van der Waals surface area (Å²) in [4.78, 5) is 17.0. The number of carbonyl (C=O) groups is 1. The number of hydrogen-bond donors (Lipinski definition) is 1. The molecule has 0 unspecified atom stereocenters. The number of oxime groups is 1. The molecule has 35 heavy (non-hydrogen) atoms. The summed E-state index contributed by atoms with van der Waals surface area (Å²) in [5, 5.41) is 10.1. The number of nitrogens with zero attached hydrogens (tertiary/aromatic N) is 2. The summed E-state index contributed by atoms with van der Waals surface area (Å²) in [5.41, 5.74) is 2.82. The number of ether oxygens (including phenoxy) is 2. The van der Waals surface area contributed by atoms with Crippen molar-refractivity contribution in [3.63, 3.8) is 0 Å². The highest BCUT2D eigenvalue weighted by molar-refractivity contribution is 5.90. The number of aryl methyl sites for hydroxylation is 1. The van der Waals surface area contributed by atoms with Gasteiger partial charge in [-0.3, -0.25) is 4.79 Å². The van der Waals surface area contributed by atoms with Gasteiger partial charge in [0, 0.05) is 11.6 Å². The first-order valence-electron chi connectivity index (χ1n) is 11.0. The van der Waals surface area contributed by atoms with Crippen LogP contribution in [0, 0.1) is 6.92 Å². The zero-order valence-electron chi connectivity index (χ0n) is 19.2. The maximum Gasteiger partial charge on any atom is 0.266 e. The summed E-state index contributed by atoms with van der Waals surface area (Å²) in [6.45, 7) is 2.28. The lowest BCUT2D eigenvalue weighted by Gasteiger charge is -2.14. The van der Waals surface area contributed by atoms with Gasteiger partial charge in [0.05, 0.1) is 6.21 Å². The van der Waals surface area contributed by atoms with Gasteiger partial charge in [-0.1, -0.05) is 71.0 Å². The highest BCUT2D eigenvalue weighted by Gasteiger charge is 2.09. The molecule has 8 heteroatoms. The summed E-state index contributed by atoms with van der Waals surface area (Å²) >= 11 is 0. The van der Waals surface area contributed by atoms with Gasteiger partial charge < -0.3 is 24.2 Å². The maximum absolute atomic E-state index is 11.9. The maximum atomic E-state index is 11.9. The van der Waals surface area contributed by atoms with Crippen LogP contribution in [-0.4, -0.2) is 23.9 Å². The van der Waals surface area contributed by atoms with E-state index in [0.717, 1.165) is 16.7 Å². The Bertz CT molecular complexity index is 1260. The minimum Gasteiger partial charge on any atom is -0.485 e. The number of nitrogens with one attached hydrogen (secondary N) is 1. The third-order valence-corrected chi connectivity index (χ3v) is 4.81. The van der Waals surface area contributed by atoms with Gasteiger partial charge in [0.25, 0.3) is 5.91 Å². The van der Waals surface area contributed by atoms with E-state index >= 15 is 0 Å². The Hall–Kier alpha value is -4.59. The lowest BCUT2D eigenvalue weighted by molar-refractivity contribution is -0.120. The van der Waals surface area contributed by atoms with Crippen molar-refractivity contribution in [1.29, 1.82) is 0 Å². The monoisotopic (exact) mass is 471 g/mol. The van der Waals surface area contributed by atoms with Gasteiger partial charge in [-0.25, -0.2) is 0 Å². The third-order valence-electron chi connectivity index (χ3n) is 4.81. The minimum atomic E-state index is -0.396. The molecule has 0 atom stereocenters. The van der Waals surface area contributed by atoms with Crippen LogP contribution in [0.15, 0.2) is 94.6 Å². The molecule has 4 rings (SSSR count). The van der Waals surface area contributed by atoms with Crippen molar-refractivity contribution in [2.45, 2.75) is 20.1 Å². The number of carbonyl (C=O) groups excluding carboxylic acids is 1. The Morgan fingerprint density at radius 1 is 0.914 bits per heavy atom. The second-order valence-corrected chi connectivity index (χ2v) is 7.63. The lowest BCUT2D eigenvalue weighted by atomic mass is 10.2. The molecule has 1 aromatic heterocycles. The molecule has 0 saturated carbocycles. The van der Waals surface area contributed by atoms with Crippen molar-refractivity contribution < 1.29 is 23.6 Å². The zero-order chi connectivity index (χ0) is 24.3. The quantitative estimate of drug-likeness (QED) is 0.241. The number of aromatic nitrogens is 1. The Kier molecular flexibility index (Phi) is 8.10. The first-order chi connectivity index (χ1) is 17.2. The molecule has 8 nitrogen and oxygen atoms in total. The molecule has 0 saturated heterocycles. The van der Waals surface area contributed by atoms with Crippen molar-refractivity contribution >= 4 is 17.9 Å². The Morgan fingerprint density at radius 2 is 1.57 bits per heavy atom. The van der Waals surface area contributed by atoms with E-state index in [4.69, 9.17) is 18.8 Å². The Morgan fingerprint density at radius 3 is 2.20 bits per heavy atom. The predicted octanol–water partition coefficient (Wildman–Crippen LogP) is 5.13. The highest BCUT2D eigenvalue weighted by Crippen LogP contribution is 2.29. The van der Waals surface area contributed by atoms with E-state index in [1.54, 1.807) is 13.0 Å². The van der Waals surface area contributed by atoms with Crippen LogP contribution in [0.5, 0.6) is 11.5 Å². The number of anilines is 1. The molecule has 0 aliphatic rings. The molecule has 1 N–H and O–H groups in total. The van der Waals surface area contributed by atoms with Crippen LogP contribution in [0.2, 0.25) is 0 Å². The average Bonchev–Trinajstić information content (AvgIpc) is 3.30. The largest absolute Gasteiger partial charge is 0.485 e. The fraction of sp³-hybridized carbons (Fsp3) is 0.148. The van der Waals surface area contributed by atoms with Gasteiger partial charge in [-0.05, 0) is 36.2 Å². The molecule has 0 bridgehead atoms. The van der Waals surface area contributed by atoms with Crippen LogP contribution in [0.1, 0.15) is 22.5 Å². The van der Waals surface area contributed by atoms with E-state index in [2.05, 4.69) is 15.6 Å². The van der Waals surface area contributed by atoms with Gasteiger partial charge in [0.1, 0.15) is 19.0 Å². The van der Waals surface area contributed by atoms with Crippen molar-refractivity contribution in [3.05, 3.63) is 107 Å². The SMILES string of the molecule is Cc1cc(NC(=O)CO/N=C/c2ccc(OCc3ccccc3)c(OCc3ccccc3)c2)no1. The fourth-order valence-electron chi connectivity index (χ4n) is 3.11. The molecule has 3 aromatic carbocycles. The summed E-state index contributed by atoms with van der Waals surface area (Å²) in [6.07, 6.45) is 1.50. The predicted molar refractivity (Wildman–Crippen MR) is 131 cm³/mol. The molecular weight excluding hydrogens is 446 g/mol. The van der Waals surface area contributed by atoms with Crippen LogP contribution < -0.4 is 14.8 Å². The van der Waals surface area contributed by atoms with E-state index < -0.39 is 5.91 Å². The molecule has 0 aliphatic carbocycles. The fourth-order valence-corrected chi connectivity index (χ4v) is 3.11. The first-order valence-corrected chi connectivity index (χ1v) is 11.0. The van der Waals surface area contributed by atoms with E-state index in [0.29, 0.717) is 36.3 Å². The summed E-state index contributed by atoms with van der Waals surface area (Å²) in [5.74, 6) is 1.72. The summed E-state index contributed by atoms with van der Waals surface area (Å²) in [6, 6.07) is 26.9. The number of amides is 1. The van der Waals surface area contributed by atoms with Crippen molar-refractivity contribution in [1.82, 2.24) is 5.16 Å². The minimum absolute atomic E-state index is 0.266. The van der Waals surface area contributed by atoms with Crippen LogP contribution in [0.25, 0.3) is 0 Å². The second-order valence-electron chi connectivity index (χ2n) is 7.63. The van der Waals surface area contributed by atoms with Gasteiger partial charge in [-0.2, -0.15) is 0 Å². The highest BCUT2D eigenvalue weighted by atomic mass is 16.6. The van der Waals surface area contributed by atoms with Gasteiger partial charge in [0.2, 0.25) is 0 Å². The normalized spacial score (nSPS) is 10.8. The van der Waals surface area contributed by atoms with Crippen molar-refractivity contribution in [2.75, 3.05) is 11.9 Å². The van der Waals surface area contributed by atoms with Crippen LogP contribution in [0.3, 0.4) is 0 Å². The molecule has 0 radical (unpaired) electrons. The van der Waals surface area contributed by atoms with E-state index in [1.165, 1.54) is 6.21 Å². The second kappa shape index (κ2) is 12.0. The molecule has 0 aliphatic heterocycles. The van der Waals surface area contributed by atoms with Crippen LogP contribution >= 0.6 is 0 Å². The van der Waals surface area contributed by atoms with Crippen LogP contribution in [0.4, 0.5) is 5.82 Å². The Balaban J connectivity index is 1.38. The van der Waals surface area contributed by atoms with E-state index in [1.807, 2.05) is 78.9 Å². The smallest absolute Gasteiger partial charge is 0.266 e. The number of rotatable bonds is 11. The molecule has 4 aromatic rings. The average molecular weight is 472 g/mol. The van der Waals surface area contributed by atoms with Gasteiger partial charge in [0.15, 0.2) is 23.9 Å². The topological polar surface area (TPSA) is 95.2 Å². The molecule has 1 amide bonds. The van der Waals surface area contributed by atoms with Gasteiger partial charge in [-0.15, -0.1) is 0 Å². The lowest BCUT2D eigenvalue weighted by Crippen LogP contribution is -2.17. The third kappa shape index (κ3) is 7.46. The van der Waals surface area contributed by atoms with E-state index in [9.17, 15) is 4.79 Å². The van der Waals surface area contributed by atoms with Gasteiger partial charge >= 0.3 is 0 Å². The molecule has 0 fully saturated rings. The summed E-state index contributed by atoms with van der Waals surface area (Å²) < 4.78 is 17.0. The summed E-state index contributed by atoms with van der Waals surface area (Å²) in [7, 11) is 0. The molecule has 178 valence electrons. The number of hydrogen-bond acceptors (Lipinski definition) is 7. The Labute approximate surface area is 203 Å². The van der Waals surface area contributed by atoms with Crippen molar-refractivity contribution in [2.24, 2.45) is 5.16 Å². The molecule has 1 heterocycles. The molecular formula is C27H25N3O5. The van der Waals surface area contributed by atoms with Crippen LogP contribution in [-0.2, 0) is 22.8 Å². The van der Waals surface area contributed by atoms with Crippen molar-refractivity contribution in [3.8, 4) is 11.5 Å². The first kappa shape index (κ1) is 23.6. The number of benzene rings is 3.